The minimum absolute atomic E-state index is 0.0867. The van der Waals surface area contributed by atoms with E-state index >= 15 is 0 Å². The highest BCUT2D eigenvalue weighted by Gasteiger charge is 2.12. The average Bonchev–Trinajstić information content (AvgIpc) is 2.34. The van der Waals surface area contributed by atoms with Crippen LogP contribution in [0.3, 0.4) is 0 Å². The molecule has 0 heterocycles. The molecule has 0 aliphatic carbocycles. The molecule has 0 saturated heterocycles. The fraction of sp³-hybridized carbons (Fsp3) is 0. The van der Waals surface area contributed by atoms with E-state index < -0.39 is 16.6 Å². The molecule has 0 atom stereocenters. The molecule has 0 amide bonds. The summed E-state index contributed by atoms with van der Waals surface area (Å²) >= 11 is 1.84. The van der Waals surface area contributed by atoms with Crippen molar-refractivity contribution in [2.24, 2.45) is 0 Å². The second kappa shape index (κ2) is 5.47. The SMILES string of the molecule is O=[N+]([O-])c1ccc(Oc2ccc(F)cc2F)c(I)c1. The van der Waals surface area contributed by atoms with E-state index in [4.69, 9.17) is 4.74 Å². The standard InChI is InChI=1S/C12H6F2INO3/c13-7-1-3-11(9(14)5-7)19-12-4-2-8(16(17)18)6-10(12)15/h1-6H. The van der Waals surface area contributed by atoms with E-state index in [0.717, 1.165) is 12.1 Å². The van der Waals surface area contributed by atoms with Crippen molar-refractivity contribution >= 4 is 28.3 Å². The van der Waals surface area contributed by atoms with E-state index in [0.29, 0.717) is 9.64 Å². The Kier molecular flexibility index (Phi) is 3.93. The number of hydrogen-bond donors (Lipinski definition) is 0. The molecule has 0 bridgehead atoms. The van der Waals surface area contributed by atoms with Crippen molar-refractivity contribution in [2.45, 2.75) is 0 Å². The number of nitro groups is 1. The smallest absolute Gasteiger partial charge is 0.270 e. The summed E-state index contributed by atoms with van der Waals surface area (Å²) in [7, 11) is 0. The van der Waals surface area contributed by atoms with Gasteiger partial charge in [-0.25, -0.2) is 8.78 Å². The third kappa shape index (κ3) is 3.16. The highest BCUT2D eigenvalue weighted by molar-refractivity contribution is 14.1. The minimum Gasteiger partial charge on any atom is -0.453 e. The molecule has 0 aromatic heterocycles. The summed E-state index contributed by atoms with van der Waals surface area (Å²) in [6.45, 7) is 0. The van der Waals surface area contributed by atoms with Gasteiger partial charge < -0.3 is 4.74 Å². The fourth-order valence-electron chi connectivity index (χ4n) is 1.36. The van der Waals surface area contributed by atoms with Crippen molar-refractivity contribution in [2.75, 3.05) is 0 Å². The Hall–Kier alpha value is -1.77. The zero-order valence-corrected chi connectivity index (χ0v) is 11.4. The van der Waals surface area contributed by atoms with Gasteiger partial charge >= 0.3 is 0 Å². The number of halogens is 3. The van der Waals surface area contributed by atoms with Gasteiger partial charge in [0.2, 0.25) is 0 Å². The van der Waals surface area contributed by atoms with Gasteiger partial charge in [0.25, 0.3) is 5.69 Å². The molecule has 98 valence electrons. The van der Waals surface area contributed by atoms with Crippen molar-refractivity contribution in [1.29, 1.82) is 0 Å². The van der Waals surface area contributed by atoms with Crippen LogP contribution in [0.4, 0.5) is 14.5 Å². The normalized spacial score (nSPS) is 10.3. The largest absolute Gasteiger partial charge is 0.453 e. The van der Waals surface area contributed by atoms with E-state index in [2.05, 4.69) is 0 Å². The highest BCUT2D eigenvalue weighted by atomic mass is 127. The maximum absolute atomic E-state index is 13.4. The van der Waals surface area contributed by atoms with Gasteiger partial charge in [-0.2, -0.15) is 0 Å². The van der Waals surface area contributed by atoms with Gasteiger partial charge in [0, 0.05) is 18.2 Å². The van der Waals surface area contributed by atoms with E-state index in [1.54, 1.807) is 0 Å². The Bertz CT molecular complexity index is 649. The zero-order chi connectivity index (χ0) is 14.0. The lowest BCUT2D eigenvalue weighted by atomic mass is 10.3. The maximum atomic E-state index is 13.4. The summed E-state index contributed by atoms with van der Waals surface area (Å²) in [4.78, 5) is 10.0. The number of hydrogen-bond acceptors (Lipinski definition) is 3. The molecule has 2 aromatic rings. The van der Waals surface area contributed by atoms with Gasteiger partial charge in [0.15, 0.2) is 11.6 Å². The number of nitrogens with zero attached hydrogens (tertiary/aromatic N) is 1. The summed E-state index contributed by atoms with van der Waals surface area (Å²) in [5.74, 6) is -1.43. The van der Waals surface area contributed by atoms with Gasteiger partial charge in [-0.15, -0.1) is 0 Å². The van der Waals surface area contributed by atoms with Crippen LogP contribution in [0.1, 0.15) is 0 Å². The number of benzene rings is 2. The van der Waals surface area contributed by atoms with Crippen molar-refractivity contribution in [3.05, 3.63) is 61.7 Å². The van der Waals surface area contributed by atoms with Crippen molar-refractivity contribution < 1.29 is 18.4 Å². The van der Waals surface area contributed by atoms with E-state index in [1.807, 2.05) is 22.6 Å². The first-order valence-electron chi connectivity index (χ1n) is 5.04. The summed E-state index contributed by atoms with van der Waals surface area (Å²) in [5, 5.41) is 10.6. The van der Waals surface area contributed by atoms with E-state index in [-0.39, 0.29) is 17.2 Å². The molecule has 4 nitrogen and oxygen atoms in total. The van der Waals surface area contributed by atoms with Crippen LogP contribution in [0.15, 0.2) is 36.4 Å². The molecule has 0 fully saturated rings. The lowest BCUT2D eigenvalue weighted by Crippen LogP contribution is -1.93. The molecule has 0 aliphatic heterocycles. The molecule has 2 aromatic carbocycles. The lowest BCUT2D eigenvalue weighted by Gasteiger charge is -2.08. The van der Waals surface area contributed by atoms with Crippen LogP contribution >= 0.6 is 22.6 Å². The van der Waals surface area contributed by atoms with Gasteiger partial charge in [-0.1, -0.05) is 0 Å². The number of rotatable bonds is 3. The van der Waals surface area contributed by atoms with E-state index in [1.165, 1.54) is 18.2 Å². The first-order valence-corrected chi connectivity index (χ1v) is 6.12. The second-order valence-corrected chi connectivity index (χ2v) is 4.71. The Labute approximate surface area is 120 Å². The number of ether oxygens (including phenoxy) is 1. The molecule has 0 radical (unpaired) electrons. The first kappa shape index (κ1) is 13.7. The van der Waals surface area contributed by atoms with Crippen LogP contribution in [0.25, 0.3) is 0 Å². The second-order valence-electron chi connectivity index (χ2n) is 3.55. The van der Waals surface area contributed by atoms with Gasteiger partial charge in [0.1, 0.15) is 11.6 Å². The van der Waals surface area contributed by atoms with Crippen molar-refractivity contribution in [3.8, 4) is 11.5 Å². The van der Waals surface area contributed by atoms with Crippen LogP contribution in [0, 0.1) is 25.3 Å². The summed E-state index contributed by atoms with van der Waals surface area (Å²) in [6.07, 6.45) is 0. The Morgan fingerprint density at radius 3 is 2.37 bits per heavy atom. The molecule has 0 saturated carbocycles. The molecule has 0 spiro atoms. The Morgan fingerprint density at radius 2 is 1.79 bits per heavy atom. The Morgan fingerprint density at radius 1 is 1.11 bits per heavy atom. The summed E-state index contributed by atoms with van der Waals surface area (Å²) < 4.78 is 31.8. The zero-order valence-electron chi connectivity index (χ0n) is 9.27. The fourth-order valence-corrected chi connectivity index (χ4v) is 1.97. The van der Waals surface area contributed by atoms with Crippen LogP contribution in [0.5, 0.6) is 11.5 Å². The third-order valence-electron chi connectivity index (χ3n) is 2.24. The van der Waals surface area contributed by atoms with Crippen LogP contribution in [-0.4, -0.2) is 4.92 Å². The molecular weight excluding hydrogens is 371 g/mol. The topological polar surface area (TPSA) is 52.4 Å². The molecule has 0 aliphatic rings. The summed E-state index contributed by atoms with van der Waals surface area (Å²) in [6, 6.07) is 6.84. The average molecular weight is 377 g/mol. The molecule has 7 heteroatoms. The monoisotopic (exact) mass is 377 g/mol. The Balaban J connectivity index is 2.31. The summed E-state index contributed by atoms with van der Waals surface area (Å²) in [5.41, 5.74) is -0.0867. The van der Waals surface area contributed by atoms with Crippen LogP contribution in [0.2, 0.25) is 0 Å². The molecule has 2 rings (SSSR count). The van der Waals surface area contributed by atoms with Crippen molar-refractivity contribution in [1.82, 2.24) is 0 Å². The predicted molar refractivity (Wildman–Crippen MR) is 72.2 cm³/mol. The van der Waals surface area contributed by atoms with Gasteiger partial charge in [-0.05, 0) is 40.8 Å². The lowest BCUT2D eigenvalue weighted by molar-refractivity contribution is -0.385. The maximum Gasteiger partial charge on any atom is 0.270 e. The van der Waals surface area contributed by atoms with E-state index in [9.17, 15) is 18.9 Å². The quantitative estimate of drug-likeness (QED) is 0.456. The number of non-ortho nitro benzene ring substituents is 1. The van der Waals surface area contributed by atoms with Crippen LogP contribution < -0.4 is 4.74 Å². The van der Waals surface area contributed by atoms with Gasteiger partial charge in [0.05, 0.1) is 8.49 Å². The highest BCUT2D eigenvalue weighted by Crippen LogP contribution is 2.31. The molecule has 0 N–H and O–H groups in total. The minimum atomic E-state index is -0.839. The molecule has 19 heavy (non-hydrogen) atoms. The third-order valence-corrected chi connectivity index (χ3v) is 3.08. The van der Waals surface area contributed by atoms with Crippen LogP contribution in [-0.2, 0) is 0 Å². The predicted octanol–water partition coefficient (Wildman–Crippen LogP) is 4.27. The molecule has 0 unspecified atom stereocenters. The first-order chi connectivity index (χ1) is 8.97. The molecular formula is C12H6F2INO3. The van der Waals surface area contributed by atoms with Crippen molar-refractivity contribution in [3.63, 3.8) is 0 Å². The number of nitro benzene ring substituents is 1. The van der Waals surface area contributed by atoms with Gasteiger partial charge in [-0.3, -0.25) is 10.1 Å².